The largest absolute Gasteiger partial charge is 0.495 e. The van der Waals surface area contributed by atoms with Gasteiger partial charge >= 0.3 is 0 Å². The van der Waals surface area contributed by atoms with Gasteiger partial charge in [-0.25, -0.2) is 4.98 Å². The minimum Gasteiger partial charge on any atom is -0.495 e. The molecular formula is C22H29N3O2. The van der Waals surface area contributed by atoms with Gasteiger partial charge in [-0.1, -0.05) is 43.2 Å². The normalized spacial score (nSPS) is 27.7. The van der Waals surface area contributed by atoms with Gasteiger partial charge in [-0.3, -0.25) is 4.84 Å². The van der Waals surface area contributed by atoms with Gasteiger partial charge in [0, 0.05) is 26.4 Å². The molecule has 4 rings (SSSR count). The van der Waals surface area contributed by atoms with Crippen molar-refractivity contribution in [2.24, 2.45) is 0 Å². The number of methoxy groups -OCH3 is 1. The van der Waals surface area contributed by atoms with Gasteiger partial charge in [-0.05, 0) is 30.5 Å². The summed E-state index contributed by atoms with van der Waals surface area (Å²) in [5.41, 5.74) is 5.44. The highest BCUT2D eigenvalue weighted by molar-refractivity contribution is 5.44. The number of ether oxygens (including phenoxy) is 1. The van der Waals surface area contributed by atoms with Crippen molar-refractivity contribution in [1.29, 1.82) is 0 Å². The molecule has 144 valence electrons. The molecular weight excluding hydrogens is 338 g/mol. The lowest BCUT2D eigenvalue weighted by molar-refractivity contribution is -0.0907. The van der Waals surface area contributed by atoms with Crippen molar-refractivity contribution in [1.82, 2.24) is 10.5 Å². The van der Waals surface area contributed by atoms with E-state index in [4.69, 9.17) is 14.6 Å². The third-order valence-electron chi connectivity index (χ3n) is 6.01. The number of nitrogens with one attached hydrogen (secondary N) is 1. The highest BCUT2D eigenvalue weighted by Gasteiger charge is 2.49. The second-order valence-electron chi connectivity index (χ2n) is 7.90. The quantitative estimate of drug-likeness (QED) is 0.877. The van der Waals surface area contributed by atoms with Gasteiger partial charge in [-0.2, -0.15) is 5.48 Å². The molecule has 27 heavy (non-hydrogen) atoms. The number of hydrogen-bond donors (Lipinski definition) is 1. The third-order valence-corrected chi connectivity index (χ3v) is 6.01. The summed E-state index contributed by atoms with van der Waals surface area (Å²) in [5, 5.41) is 0. The summed E-state index contributed by atoms with van der Waals surface area (Å²) in [5.74, 6) is 2.15. The zero-order valence-corrected chi connectivity index (χ0v) is 16.4. The number of hydroxylamine groups is 1. The van der Waals surface area contributed by atoms with Crippen molar-refractivity contribution in [3.8, 4) is 5.75 Å². The van der Waals surface area contributed by atoms with E-state index in [1.165, 1.54) is 24.8 Å². The summed E-state index contributed by atoms with van der Waals surface area (Å²) in [6.07, 6.45) is 5.62. The van der Waals surface area contributed by atoms with Crippen LogP contribution < -0.4 is 15.1 Å². The van der Waals surface area contributed by atoms with Crippen LogP contribution in [0.15, 0.2) is 42.5 Å². The molecule has 2 aliphatic rings. The van der Waals surface area contributed by atoms with E-state index >= 15 is 0 Å². The molecule has 1 saturated heterocycles. The Morgan fingerprint density at radius 1 is 1.15 bits per heavy atom. The fraction of sp³-hybridized carbons (Fsp3) is 0.500. The molecule has 0 radical (unpaired) electrons. The number of aromatic nitrogens is 1. The predicted molar refractivity (Wildman–Crippen MR) is 107 cm³/mol. The Morgan fingerprint density at radius 3 is 2.70 bits per heavy atom. The molecule has 0 bridgehead atoms. The molecule has 1 aliphatic carbocycles. The Balaban J connectivity index is 1.65. The van der Waals surface area contributed by atoms with Crippen LogP contribution in [-0.2, 0) is 4.84 Å². The molecule has 2 fully saturated rings. The lowest BCUT2D eigenvalue weighted by Crippen LogP contribution is -2.39. The minimum absolute atomic E-state index is 0.0316. The first-order valence-electron chi connectivity index (χ1n) is 9.84. The Morgan fingerprint density at radius 2 is 1.96 bits per heavy atom. The Bertz CT molecular complexity index is 780. The monoisotopic (exact) mass is 367 g/mol. The molecule has 2 heterocycles. The van der Waals surface area contributed by atoms with Crippen molar-refractivity contribution >= 4 is 5.82 Å². The third kappa shape index (κ3) is 3.42. The second kappa shape index (κ2) is 7.49. The molecule has 1 spiro atoms. The van der Waals surface area contributed by atoms with Crippen LogP contribution in [-0.4, -0.2) is 31.8 Å². The summed E-state index contributed by atoms with van der Waals surface area (Å²) < 4.78 is 5.60. The van der Waals surface area contributed by atoms with Crippen LogP contribution in [0.5, 0.6) is 5.75 Å². The summed E-state index contributed by atoms with van der Waals surface area (Å²) in [6.45, 7) is 0. The molecule has 5 nitrogen and oxygen atoms in total. The van der Waals surface area contributed by atoms with Crippen LogP contribution in [0.3, 0.4) is 0 Å². The van der Waals surface area contributed by atoms with Crippen molar-refractivity contribution < 1.29 is 9.57 Å². The van der Waals surface area contributed by atoms with E-state index < -0.39 is 0 Å². The van der Waals surface area contributed by atoms with Gasteiger partial charge in [0.1, 0.15) is 17.3 Å². The van der Waals surface area contributed by atoms with Gasteiger partial charge in [0.2, 0.25) is 0 Å². The Kier molecular flexibility index (Phi) is 5.06. The molecule has 1 saturated carbocycles. The van der Waals surface area contributed by atoms with E-state index in [9.17, 15) is 0 Å². The second-order valence-corrected chi connectivity index (χ2v) is 7.90. The van der Waals surface area contributed by atoms with Gasteiger partial charge in [0.15, 0.2) is 0 Å². The van der Waals surface area contributed by atoms with E-state index in [-0.39, 0.29) is 11.6 Å². The number of anilines is 1. The summed E-state index contributed by atoms with van der Waals surface area (Å²) in [6, 6.07) is 14.8. The van der Waals surface area contributed by atoms with Crippen LogP contribution in [0, 0.1) is 0 Å². The first-order chi connectivity index (χ1) is 13.1. The highest BCUT2D eigenvalue weighted by Crippen LogP contribution is 2.51. The first kappa shape index (κ1) is 18.3. The van der Waals surface area contributed by atoms with Gasteiger partial charge in [0.25, 0.3) is 0 Å². The van der Waals surface area contributed by atoms with E-state index in [0.29, 0.717) is 5.92 Å². The summed E-state index contributed by atoms with van der Waals surface area (Å²) in [4.78, 5) is 13.2. The fourth-order valence-corrected chi connectivity index (χ4v) is 4.62. The first-order valence-corrected chi connectivity index (χ1v) is 9.84. The van der Waals surface area contributed by atoms with E-state index in [2.05, 4.69) is 35.8 Å². The van der Waals surface area contributed by atoms with Crippen molar-refractivity contribution in [3.05, 3.63) is 53.7 Å². The lowest BCUT2D eigenvalue weighted by atomic mass is 9.69. The van der Waals surface area contributed by atoms with E-state index in [0.717, 1.165) is 30.1 Å². The minimum atomic E-state index is -0.176. The molecule has 1 aliphatic heterocycles. The topological polar surface area (TPSA) is 46.6 Å². The number of benzene rings is 1. The maximum absolute atomic E-state index is 6.36. The average molecular weight is 367 g/mol. The number of hydrogen-bond acceptors (Lipinski definition) is 5. The molecule has 0 amide bonds. The van der Waals surface area contributed by atoms with Crippen molar-refractivity contribution in [2.75, 3.05) is 26.1 Å². The molecule has 1 N–H and O–H groups in total. The zero-order chi connectivity index (χ0) is 18.9. The SMILES string of the molecule is COc1ccc(N(C)C)nc1[C@@H]1C[C@@]2(CCCC[C@H]2c2ccccc2)ON1. The van der Waals surface area contributed by atoms with Crippen molar-refractivity contribution in [3.63, 3.8) is 0 Å². The standard InChI is InChI=1S/C22H29N3O2/c1-25(2)20-13-12-19(26-3)21(23-20)18-15-22(27-24-18)14-8-7-11-17(22)16-9-5-4-6-10-16/h4-6,9-10,12-13,17-18,24H,7-8,11,14-15H2,1-3H3/t17-,18-,22+/m0/s1. The lowest BCUT2D eigenvalue weighted by Gasteiger charge is -2.40. The fourth-order valence-electron chi connectivity index (χ4n) is 4.62. The molecule has 3 atom stereocenters. The van der Waals surface area contributed by atoms with Gasteiger partial charge in [0.05, 0.1) is 18.8 Å². The van der Waals surface area contributed by atoms with Crippen LogP contribution in [0.25, 0.3) is 0 Å². The molecule has 1 aromatic heterocycles. The maximum Gasteiger partial charge on any atom is 0.142 e. The average Bonchev–Trinajstić information content (AvgIpc) is 3.12. The van der Waals surface area contributed by atoms with Crippen LogP contribution in [0.2, 0.25) is 0 Å². The van der Waals surface area contributed by atoms with Gasteiger partial charge < -0.3 is 9.64 Å². The molecule has 1 aromatic carbocycles. The number of nitrogens with zero attached hydrogens (tertiary/aromatic N) is 2. The number of rotatable bonds is 4. The Hall–Kier alpha value is -2.11. The van der Waals surface area contributed by atoms with Gasteiger partial charge in [-0.15, -0.1) is 0 Å². The van der Waals surface area contributed by atoms with Crippen LogP contribution >= 0.6 is 0 Å². The van der Waals surface area contributed by atoms with Crippen LogP contribution in [0.4, 0.5) is 5.82 Å². The molecule has 2 aromatic rings. The molecule has 0 unspecified atom stereocenters. The number of pyridine rings is 1. The predicted octanol–water partition coefficient (Wildman–Crippen LogP) is 4.22. The van der Waals surface area contributed by atoms with E-state index in [1.54, 1.807) is 7.11 Å². The summed E-state index contributed by atoms with van der Waals surface area (Å²) >= 11 is 0. The highest BCUT2D eigenvalue weighted by atomic mass is 16.7. The summed E-state index contributed by atoms with van der Waals surface area (Å²) in [7, 11) is 5.71. The van der Waals surface area contributed by atoms with E-state index in [1.807, 2.05) is 31.1 Å². The Labute approximate surface area is 161 Å². The zero-order valence-electron chi connectivity index (χ0n) is 16.4. The van der Waals surface area contributed by atoms with Crippen LogP contribution in [0.1, 0.15) is 55.3 Å². The van der Waals surface area contributed by atoms with Crippen molar-refractivity contribution in [2.45, 2.75) is 49.7 Å². The maximum atomic E-state index is 6.36. The molecule has 5 heteroatoms. The smallest absolute Gasteiger partial charge is 0.142 e.